The van der Waals surface area contributed by atoms with Crippen LogP contribution in [0, 0.1) is 5.92 Å². The molecule has 0 unspecified atom stereocenters. The van der Waals surface area contributed by atoms with Gasteiger partial charge in [0.1, 0.15) is 11.9 Å². The average molecular weight is 334 g/mol. The first kappa shape index (κ1) is 18.1. The third kappa shape index (κ3) is 5.44. The molecule has 6 nitrogen and oxygen atoms in total. The number of rotatable bonds is 7. The number of carbonyl (C=O) groups excluding carboxylic acids is 2. The number of nitrogens with one attached hydrogen (secondary N) is 1. The summed E-state index contributed by atoms with van der Waals surface area (Å²) in [6, 6.07) is 4.73. The third-order valence-corrected chi connectivity index (χ3v) is 3.89. The number of benzene rings is 1. The molecule has 0 spiro atoms. The van der Waals surface area contributed by atoms with E-state index in [2.05, 4.69) is 5.32 Å². The summed E-state index contributed by atoms with van der Waals surface area (Å²) in [5.74, 6) is 0.0846. The number of hydrogen-bond acceptors (Lipinski definition) is 5. The molecule has 1 aromatic carbocycles. The number of anilines is 1. The highest BCUT2D eigenvalue weighted by Gasteiger charge is 2.20. The number of amides is 1. The molecule has 0 saturated heterocycles. The van der Waals surface area contributed by atoms with Crippen LogP contribution in [-0.2, 0) is 9.53 Å². The lowest BCUT2D eigenvalue weighted by atomic mass is 10.2. The lowest BCUT2D eigenvalue weighted by Crippen LogP contribution is -2.31. The van der Waals surface area contributed by atoms with Gasteiger partial charge in [-0.25, -0.2) is 4.79 Å². The van der Waals surface area contributed by atoms with Gasteiger partial charge < -0.3 is 20.5 Å². The van der Waals surface area contributed by atoms with Gasteiger partial charge in [-0.3, -0.25) is 4.79 Å². The van der Waals surface area contributed by atoms with Gasteiger partial charge in [-0.15, -0.1) is 0 Å². The third-order valence-electron chi connectivity index (χ3n) is 3.89. The summed E-state index contributed by atoms with van der Waals surface area (Å²) in [4.78, 5) is 23.9. The molecule has 1 fully saturated rings. The maximum Gasteiger partial charge on any atom is 0.338 e. The Morgan fingerprint density at radius 1 is 1.29 bits per heavy atom. The largest absolute Gasteiger partial charge is 0.482 e. The van der Waals surface area contributed by atoms with E-state index in [0.29, 0.717) is 29.5 Å². The minimum absolute atomic E-state index is 0.00114. The van der Waals surface area contributed by atoms with Gasteiger partial charge in [-0.05, 0) is 49.8 Å². The van der Waals surface area contributed by atoms with Gasteiger partial charge >= 0.3 is 5.97 Å². The summed E-state index contributed by atoms with van der Waals surface area (Å²) < 4.78 is 10.9. The summed E-state index contributed by atoms with van der Waals surface area (Å²) in [6.07, 6.45) is 4.03. The van der Waals surface area contributed by atoms with Gasteiger partial charge in [0.05, 0.1) is 11.3 Å². The Kier molecular flexibility index (Phi) is 6.46. The van der Waals surface area contributed by atoms with E-state index in [1.165, 1.54) is 6.07 Å². The molecule has 0 heterocycles. The maximum absolute atomic E-state index is 12.2. The first-order chi connectivity index (χ1) is 11.5. The standard InChI is InChI=1S/C18H26N2O4/c1-12(2)10-20-17(21)11-23-16-9-13(7-8-15(16)19)18(22)24-14-5-3-4-6-14/h7-9,12,14H,3-6,10-11,19H2,1-2H3,(H,20,21). The van der Waals surface area contributed by atoms with Gasteiger partial charge in [-0.1, -0.05) is 13.8 Å². The lowest BCUT2D eigenvalue weighted by Gasteiger charge is -2.13. The van der Waals surface area contributed by atoms with E-state index in [1.54, 1.807) is 12.1 Å². The van der Waals surface area contributed by atoms with Crippen LogP contribution in [0.25, 0.3) is 0 Å². The molecule has 0 aliphatic heterocycles. The van der Waals surface area contributed by atoms with Gasteiger partial charge in [0.15, 0.2) is 6.61 Å². The summed E-state index contributed by atoms with van der Waals surface area (Å²) in [5, 5.41) is 2.76. The Morgan fingerprint density at radius 2 is 2.00 bits per heavy atom. The predicted octanol–water partition coefficient (Wildman–Crippen LogP) is 2.52. The second-order valence-electron chi connectivity index (χ2n) is 6.55. The van der Waals surface area contributed by atoms with Crippen molar-refractivity contribution in [2.75, 3.05) is 18.9 Å². The average Bonchev–Trinajstić information content (AvgIpc) is 3.05. The first-order valence-electron chi connectivity index (χ1n) is 8.45. The summed E-state index contributed by atoms with van der Waals surface area (Å²) in [6.45, 7) is 4.47. The van der Waals surface area contributed by atoms with Crippen LogP contribution in [0.5, 0.6) is 5.75 Å². The summed E-state index contributed by atoms with van der Waals surface area (Å²) in [5.41, 5.74) is 6.61. The van der Waals surface area contributed by atoms with Gasteiger partial charge in [0.25, 0.3) is 5.91 Å². The molecule has 24 heavy (non-hydrogen) atoms. The van der Waals surface area contributed by atoms with E-state index in [9.17, 15) is 9.59 Å². The summed E-state index contributed by atoms with van der Waals surface area (Å²) >= 11 is 0. The normalized spacial score (nSPS) is 14.6. The van der Waals surface area contributed by atoms with Crippen LogP contribution in [0.2, 0.25) is 0 Å². The van der Waals surface area contributed by atoms with E-state index in [1.807, 2.05) is 13.8 Å². The zero-order valence-corrected chi connectivity index (χ0v) is 14.3. The van der Waals surface area contributed by atoms with E-state index in [0.717, 1.165) is 25.7 Å². The van der Waals surface area contributed by atoms with Crippen LogP contribution in [0.3, 0.4) is 0 Å². The molecule has 132 valence electrons. The molecule has 6 heteroatoms. The minimum Gasteiger partial charge on any atom is -0.482 e. The molecule has 1 aliphatic carbocycles. The Balaban J connectivity index is 1.92. The number of carbonyl (C=O) groups is 2. The van der Waals surface area contributed by atoms with Crippen molar-refractivity contribution in [3.8, 4) is 5.75 Å². The zero-order valence-electron chi connectivity index (χ0n) is 14.3. The van der Waals surface area contributed by atoms with Crippen molar-refractivity contribution in [3.63, 3.8) is 0 Å². The van der Waals surface area contributed by atoms with E-state index in [-0.39, 0.29) is 24.6 Å². The number of hydrogen-bond donors (Lipinski definition) is 2. The van der Waals surface area contributed by atoms with Crippen LogP contribution in [-0.4, -0.2) is 31.1 Å². The molecule has 2 rings (SSSR count). The van der Waals surface area contributed by atoms with Crippen LogP contribution in [0.4, 0.5) is 5.69 Å². The van der Waals surface area contributed by atoms with Gasteiger partial charge in [-0.2, -0.15) is 0 Å². The molecule has 3 N–H and O–H groups in total. The zero-order chi connectivity index (χ0) is 17.5. The van der Waals surface area contributed by atoms with E-state index < -0.39 is 0 Å². The molecular formula is C18H26N2O4. The van der Waals surface area contributed by atoms with Crippen molar-refractivity contribution in [2.24, 2.45) is 5.92 Å². The van der Waals surface area contributed by atoms with Crippen molar-refractivity contribution in [1.82, 2.24) is 5.32 Å². The molecule has 1 saturated carbocycles. The first-order valence-corrected chi connectivity index (χ1v) is 8.45. The molecule has 0 atom stereocenters. The second kappa shape index (κ2) is 8.57. The SMILES string of the molecule is CC(C)CNC(=O)COc1cc(C(=O)OC2CCCC2)ccc1N. The molecule has 1 aliphatic rings. The van der Waals surface area contributed by atoms with Gasteiger partial charge in [0, 0.05) is 6.54 Å². The number of nitrogens with two attached hydrogens (primary N) is 1. The smallest absolute Gasteiger partial charge is 0.338 e. The highest BCUT2D eigenvalue weighted by molar-refractivity contribution is 5.91. The van der Waals surface area contributed by atoms with Crippen LogP contribution in [0.15, 0.2) is 18.2 Å². The van der Waals surface area contributed by atoms with E-state index >= 15 is 0 Å². The molecule has 1 aromatic rings. The number of ether oxygens (including phenoxy) is 2. The number of nitrogen functional groups attached to an aromatic ring is 1. The predicted molar refractivity (Wildman–Crippen MR) is 91.9 cm³/mol. The van der Waals surface area contributed by atoms with Crippen molar-refractivity contribution >= 4 is 17.6 Å². The Bertz CT molecular complexity index is 580. The van der Waals surface area contributed by atoms with E-state index in [4.69, 9.17) is 15.2 Å². The van der Waals surface area contributed by atoms with Crippen molar-refractivity contribution in [3.05, 3.63) is 23.8 Å². The van der Waals surface area contributed by atoms with Crippen molar-refractivity contribution in [1.29, 1.82) is 0 Å². The maximum atomic E-state index is 12.2. The van der Waals surface area contributed by atoms with Crippen molar-refractivity contribution in [2.45, 2.75) is 45.6 Å². The Morgan fingerprint density at radius 3 is 2.67 bits per heavy atom. The van der Waals surface area contributed by atoms with Crippen molar-refractivity contribution < 1.29 is 19.1 Å². The topological polar surface area (TPSA) is 90.6 Å². The highest BCUT2D eigenvalue weighted by atomic mass is 16.5. The fourth-order valence-corrected chi connectivity index (χ4v) is 2.52. The highest BCUT2D eigenvalue weighted by Crippen LogP contribution is 2.26. The summed E-state index contributed by atoms with van der Waals surface area (Å²) in [7, 11) is 0. The van der Waals surface area contributed by atoms with Crippen LogP contribution in [0.1, 0.15) is 49.9 Å². The number of esters is 1. The van der Waals surface area contributed by atoms with Crippen LogP contribution >= 0.6 is 0 Å². The Labute approximate surface area is 142 Å². The van der Waals surface area contributed by atoms with Gasteiger partial charge in [0.2, 0.25) is 0 Å². The molecular weight excluding hydrogens is 308 g/mol. The lowest BCUT2D eigenvalue weighted by molar-refractivity contribution is -0.123. The fraction of sp³-hybridized carbons (Fsp3) is 0.556. The molecule has 0 radical (unpaired) electrons. The second-order valence-corrected chi connectivity index (χ2v) is 6.55. The quantitative estimate of drug-likeness (QED) is 0.590. The fourth-order valence-electron chi connectivity index (χ4n) is 2.52. The Hall–Kier alpha value is -2.24. The monoisotopic (exact) mass is 334 g/mol. The molecule has 0 aromatic heterocycles. The van der Waals surface area contributed by atoms with Crippen LogP contribution < -0.4 is 15.8 Å². The minimum atomic E-state index is -0.379. The molecule has 1 amide bonds. The molecule has 0 bridgehead atoms.